The van der Waals surface area contributed by atoms with Gasteiger partial charge < -0.3 is 16.0 Å². The van der Waals surface area contributed by atoms with Crippen molar-refractivity contribution in [2.75, 3.05) is 20.6 Å². The maximum absolute atomic E-state index is 11.7. The largest absolute Gasteiger partial charge is 0.359 e. The molecule has 0 aromatic heterocycles. The van der Waals surface area contributed by atoms with Crippen molar-refractivity contribution in [3.63, 3.8) is 0 Å². The second-order valence-electron chi connectivity index (χ2n) is 3.93. The maximum Gasteiger partial charge on any atom is 0.239 e. The normalized spacial score (nSPS) is 12.0. The second-order valence-corrected chi connectivity index (χ2v) is 3.93. The molecule has 0 aromatic carbocycles. The average molecular weight is 229 g/mol. The van der Waals surface area contributed by atoms with Crippen LogP contribution in [0.4, 0.5) is 0 Å². The molecule has 0 aromatic rings. The summed E-state index contributed by atoms with van der Waals surface area (Å²) in [6.07, 6.45) is 3.01. The molecule has 5 nitrogen and oxygen atoms in total. The van der Waals surface area contributed by atoms with E-state index in [0.717, 1.165) is 12.8 Å². The van der Waals surface area contributed by atoms with Gasteiger partial charge >= 0.3 is 0 Å². The van der Waals surface area contributed by atoms with Crippen molar-refractivity contribution >= 4 is 11.8 Å². The lowest BCUT2D eigenvalue weighted by atomic mass is 10.1. The summed E-state index contributed by atoms with van der Waals surface area (Å²) in [6.45, 7) is 2.48. The molecule has 3 N–H and O–H groups in total. The second kappa shape index (κ2) is 8.10. The van der Waals surface area contributed by atoms with E-state index in [1.54, 1.807) is 14.1 Å². The highest BCUT2D eigenvalue weighted by Crippen LogP contribution is 2.01. The summed E-state index contributed by atoms with van der Waals surface area (Å²) in [5.74, 6) is -0.154. The van der Waals surface area contributed by atoms with Crippen LogP contribution in [-0.4, -0.2) is 43.4 Å². The summed E-state index contributed by atoms with van der Waals surface area (Å²) in [6, 6.07) is -0.436. The zero-order valence-electron chi connectivity index (χ0n) is 10.5. The molecule has 1 atom stereocenters. The third-order valence-corrected chi connectivity index (χ3v) is 2.52. The van der Waals surface area contributed by atoms with Crippen molar-refractivity contribution in [3.8, 4) is 0 Å². The Bertz CT molecular complexity index is 231. The van der Waals surface area contributed by atoms with Crippen LogP contribution in [0.25, 0.3) is 0 Å². The highest BCUT2D eigenvalue weighted by molar-refractivity contribution is 5.82. The molecule has 0 aliphatic rings. The van der Waals surface area contributed by atoms with Crippen LogP contribution in [0.15, 0.2) is 0 Å². The maximum atomic E-state index is 11.7. The highest BCUT2D eigenvalue weighted by Gasteiger charge is 2.17. The minimum atomic E-state index is -0.436. The van der Waals surface area contributed by atoms with Crippen LogP contribution in [0, 0.1) is 0 Å². The molecule has 0 heterocycles. The van der Waals surface area contributed by atoms with Gasteiger partial charge in [0.2, 0.25) is 11.8 Å². The first-order valence-corrected chi connectivity index (χ1v) is 5.74. The lowest BCUT2D eigenvalue weighted by Crippen LogP contribution is -2.42. The van der Waals surface area contributed by atoms with Gasteiger partial charge in [0.1, 0.15) is 0 Å². The number of nitrogens with one attached hydrogen (secondary N) is 1. The summed E-state index contributed by atoms with van der Waals surface area (Å²) in [7, 11) is 3.26. The summed E-state index contributed by atoms with van der Waals surface area (Å²) in [5, 5.41) is 2.51. The molecule has 0 saturated carbocycles. The van der Waals surface area contributed by atoms with E-state index in [2.05, 4.69) is 12.2 Å². The van der Waals surface area contributed by atoms with Gasteiger partial charge in [0.05, 0.1) is 6.04 Å². The molecular formula is C11H23N3O2. The summed E-state index contributed by atoms with van der Waals surface area (Å²) >= 11 is 0. The van der Waals surface area contributed by atoms with Gasteiger partial charge in [-0.1, -0.05) is 19.8 Å². The predicted molar refractivity (Wildman–Crippen MR) is 63.8 cm³/mol. The summed E-state index contributed by atoms with van der Waals surface area (Å²) < 4.78 is 0. The number of carbonyl (C=O) groups excluding carboxylic acids is 2. The van der Waals surface area contributed by atoms with Crippen molar-refractivity contribution in [2.24, 2.45) is 5.73 Å². The van der Waals surface area contributed by atoms with E-state index in [1.807, 2.05) is 0 Å². The number of nitrogens with two attached hydrogens (primary N) is 1. The van der Waals surface area contributed by atoms with Gasteiger partial charge in [-0.3, -0.25) is 9.59 Å². The monoisotopic (exact) mass is 229 g/mol. The number of hydrogen-bond acceptors (Lipinski definition) is 3. The molecule has 0 saturated heterocycles. The van der Waals surface area contributed by atoms with Crippen molar-refractivity contribution in [3.05, 3.63) is 0 Å². The topological polar surface area (TPSA) is 75.4 Å². The van der Waals surface area contributed by atoms with Crippen LogP contribution >= 0.6 is 0 Å². The highest BCUT2D eigenvalue weighted by atomic mass is 16.2. The first-order chi connectivity index (χ1) is 7.52. The number of carbonyl (C=O) groups is 2. The third-order valence-electron chi connectivity index (χ3n) is 2.52. The van der Waals surface area contributed by atoms with Crippen LogP contribution in [0.3, 0.4) is 0 Å². The molecule has 0 spiro atoms. The Kier molecular flexibility index (Phi) is 7.54. The molecule has 2 amide bonds. The fourth-order valence-corrected chi connectivity index (χ4v) is 1.34. The standard InChI is InChI=1S/C11H23N3O2/c1-4-5-6-9(12)11(16)14(3)8-7-10(15)13-2/h9H,4-8,12H2,1-3H3,(H,13,15). The molecule has 0 radical (unpaired) electrons. The van der Waals surface area contributed by atoms with E-state index in [1.165, 1.54) is 4.90 Å². The van der Waals surface area contributed by atoms with E-state index in [-0.39, 0.29) is 11.8 Å². The van der Waals surface area contributed by atoms with Crippen LogP contribution in [0.2, 0.25) is 0 Å². The quantitative estimate of drug-likeness (QED) is 0.650. The number of nitrogens with zero attached hydrogens (tertiary/aromatic N) is 1. The van der Waals surface area contributed by atoms with Gasteiger partial charge in [-0.2, -0.15) is 0 Å². The molecule has 0 aliphatic heterocycles. The lowest BCUT2D eigenvalue weighted by molar-refractivity contribution is -0.132. The van der Waals surface area contributed by atoms with E-state index in [4.69, 9.17) is 5.73 Å². The molecule has 0 rings (SSSR count). The van der Waals surface area contributed by atoms with Crippen molar-refractivity contribution < 1.29 is 9.59 Å². The van der Waals surface area contributed by atoms with Crippen molar-refractivity contribution in [1.29, 1.82) is 0 Å². The molecule has 94 valence electrons. The van der Waals surface area contributed by atoms with E-state index < -0.39 is 6.04 Å². The minimum Gasteiger partial charge on any atom is -0.359 e. The van der Waals surface area contributed by atoms with E-state index >= 15 is 0 Å². The number of hydrogen-bond donors (Lipinski definition) is 2. The number of amides is 2. The smallest absolute Gasteiger partial charge is 0.239 e. The third kappa shape index (κ3) is 5.70. The Balaban J connectivity index is 3.92. The first-order valence-electron chi connectivity index (χ1n) is 5.74. The Labute approximate surface area is 97.4 Å². The van der Waals surface area contributed by atoms with Crippen molar-refractivity contribution in [2.45, 2.75) is 38.6 Å². The van der Waals surface area contributed by atoms with Crippen molar-refractivity contribution in [1.82, 2.24) is 10.2 Å². The van der Waals surface area contributed by atoms with E-state index in [0.29, 0.717) is 19.4 Å². The minimum absolute atomic E-state index is 0.0678. The van der Waals surface area contributed by atoms with Gasteiger partial charge in [0.25, 0.3) is 0 Å². The van der Waals surface area contributed by atoms with Gasteiger partial charge in [-0.25, -0.2) is 0 Å². The predicted octanol–water partition coefficient (Wildman–Crippen LogP) is 0.0984. The zero-order valence-corrected chi connectivity index (χ0v) is 10.5. The Morgan fingerprint density at radius 3 is 2.56 bits per heavy atom. The van der Waals surface area contributed by atoms with Gasteiger partial charge in [-0.15, -0.1) is 0 Å². The van der Waals surface area contributed by atoms with Gasteiger partial charge in [-0.05, 0) is 6.42 Å². The fraction of sp³-hybridized carbons (Fsp3) is 0.818. The molecule has 1 unspecified atom stereocenters. The fourth-order valence-electron chi connectivity index (χ4n) is 1.34. The van der Waals surface area contributed by atoms with Crippen LogP contribution in [0.1, 0.15) is 32.6 Å². The Hall–Kier alpha value is -1.10. The zero-order chi connectivity index (χ0) is 12.6. The summed E-state index contributed by atoms with van der Waals surface area (Å²) in [4.78, 5) is 24.2. The molecule has 0 fully saturated rings. The SMILES string of the molecule is CCCCC(N)C(=O)N(C)CCC(=O)NC. The molecule has 0 bridgehead atoms. The van der Waals surface area contributed by atoms with Crippen LogP contribution in [-0.2, 0) is 9.59 Å². The first kappa shape index (κ1) is 14.9. The average Bonchev–Trinajstić information content (AvgIpc) is 2.31. The van der Waals surface area contributed by atoms with E-state index in [9.17, 15) is 9.59 Å². The number of likely N-dealkylation sites (N-methyl/N-ethyl adjacent to an activating group) is 1. The van der Waals surface area contributed by atoms with Crippen LogP contribution in [0.5, 0.6) is 0 Å². The Morgan fingerprint density at radius 1 is 1.44 bits per heavy atom. The molecule has 16 heavy (non-hydrogen) atoms. The number of unbranched alkanes of at least 4 members (excludes halogenated alkanes) is 1. The summed E-state index contributed by atoms with van der Waals surface area (Å²) in [5.41, 5.74) is 5.75. The van der Waals surface area contributed by atoms with Gasteiger partial charge in [0, 0.05) is 27.1 Å². The number of rotatable bonds is 7. The van der Waals surface area contributed by atoms with Crippen LogP contribution < -0.4 is 11.1 Å². The Morgan fingerprint density at radius 2 is 2.06 bits per heavy atom. The molecule has 0 aliphatic carbocycles. The van der Waals surface area contributed by atoms with Gasteiger partial charge in [0.15, 0.2) is 0 Å². The lowest BCUT2D eigenvalue weighted by Gasteiger charge is -2.20. The molecular weight excluding hydrogens is 206 g/mol. The molecule has 5 heteroatoms.